The highest BCUT2D eigenvalue weighted by Crippen LogP contribution is 2.07. The smallest absolute Gasteiger partial charge is 0.258 e. The average molecular weight is 163 g/mol. The van der Waals surface area contributed by atoms with Gasteiger partial charge in [0.1, 0.15) is 5.75 Å². The number of para-hydroxylation sites is 1. The summed E-state index contributed by atoms with van der Waals surface area (Å²) in [6.45, 7) is -0.0550. The van der Waals surface area contributed by atoms with Gasteiger partial charge in [0.15, 0.2) is 6.61 Å². The zero-order chi connectivity index (χ0) is 8.81. The number of hydrogen-bond acceptors (Lipinski definition) is 2. The van der Waals surface area contributed by atoms with E-state index in [0.717, 1.165) is 0 Å². The highest BCUT2D eigenvalue weighted by atomic mass is 16.5. The first-order valence-electron chi connectivity index (χ1n) is 3.50. The molecule has 0 aromatic heterocycles. The van der Waals surface area contributed by atoms with Gasteiger partial charge in [-0.25, -0.2) is 0 Å². The topological polar surface area (TPSA) is 38.3 Å². The van der Waals surface area contributed by atoms with Crippen LogP contribution < -0.4 is 10.1 Å². The molecule has 12 heavy (non-hydrogen) atoms. The maximum absolute atomic E-state index is 10.6. The highest BCUT2D eigenvalue weighted by Gasteiger charge is 1.97. The lowest BCUT2D eigenvalue weighted by atomic mass is 10.3. The van der Waals surface area contributed by atoms with Crippen molar-refractivity contribution < 1.29 is 9.53 Å². The summed E-state index contributed by atoms with van der Waals surface area (Å²) in [6, 6.07) is 9.06. The van der Waals surface area contributed by atoms with Crippen molar-refractivity contribution in [1.29, 1.82) is 0 Å². The van der Waals surface area contributed by atoms with Gasteiger partial charge in [-0.3, -0.25) is 4.79 Å². The van der Waals surface area contributed by atoms with E-state index in [1.54, 1.807) is 12.1 Å². The van der Waals surface area contributed by atoms with E-state index < -0.39 is 0 Å². The summed E-state index contributed by atoms with van der Waals surface area (Å²) in [7, 11) is 4.86. The number of carbonyl (C=O) groups excluding carboxylic acids is 1. The first kappa shape index (κ1) is 8.59. The van der Waals surface area contributed by atoms with Gasteiger partial charge in [-0.05, 0) is 12.1 Å². The molecule has 1 aromatic carbocycles. The van der Waals surface area contributed by atoms with Gasteiger partial charge in [0.25, 0.3) is 5.91 Å². The summed E-state index contributed by atoms with van der Waals surface area (Å²) in [4.78, 5) is 10.6. The number of rotatable bonds is 3. The Labute approximate surface area is 71.4 Å². The maximum atomic E-state index is 10.6. The lowest BCUT2D eigenvalue weighted by Gasteiger charge is -2.03. The molecular formula is C9H9NO2. The van der Waals surface area contributed by atoms with E-state index in [4.69, 9.17) is 11.8 Å². The molecule has 0 saturated heterocycles. The van der Waals surface area contributed by atoms with Crippen LogP contribution in [0, 0.1) is 7.05 Å². The molecule has 0 fully saturated rings. The molecule has 2 radical (unpaired) electrons. The van der Waals surface area contributed by atoms with Crippen LogP contribution in [0.4, 0.5) is 0 Å². The van der Waals surface area contributed by atoms with Crippen LogP contribution >= 0.6 is 0 Å². The van der Waals surface area contributed by atoms with Crippen molar-refractivity contribution in [3.63, 3.8) is 0 Å². The second-order valence-corrected chi connectivity index (χ2v) is 2.17. The van der Waals surface area contributed by atoms with Crippen LogP contribution in [-0.4, -0.2) is 12.5 Å². The van der Waals surface area contributed by atoms with E-state index >= 15 is 0 Å². The Morgan fingerprint density at radius 2 is 2.08 bits per heavy atom. The molecule has 1 N–H and O–H groups in total. The molecule has 0 aliphatic rings. The van der Waals surface area contributed by atoms with Crippen molar-refractivity contribution in [2.24, 2.45) is 0 Å². The van der Waals surface area contributed by atoms with Gasteiger partial charge in [0, 0.05) is 0 Å². The van der Waals surface area contributed by atoms with Gasteiger partial charge in [-0.2, -0.15) is 0 Å². The number of benzene rings is 1. The third-order valence-electron chi connectivity index (χ3n) is 1.27. The lowest BCUT2D eigenvalue weighted by Crippen LogP contribution is -2.23. The molecule has 0 saturated carbocycles. The predicted molar refractivity (Wildman–Crippen MR) is 44.4 cm³/mol. The Morgan fingerprint density at radius 3 is 2.67 bits per heavy atom. The minimum Gasteiger partial charge on any atom is -0.484 e. The van der Waals surface area contributed by atoms with Crippen LogP contribution in [0.2, 0.25) is 0 Å². The predicted octanol–water partition coefficient (Wildman–Crippen LogP) is 0.850. The van der Waals surface area contributed by atoms with Crippen molar-refractivity contribution in [3.05, 3.63) is 37.4 Å². The molecule has 0 aliphatic carbocycles. The van der Waals surface area contributed by atoms with Crippen molar-refractivity contribution >= 4 is 5.91 Å². The highest BCUT2D eigenvalue weighted by molar-refractivity contribution is 5.77. The SMILES string of the molecule is [CH]NC(=O)COc1ccccc1. The van der Waals surface area contributed by atoms with Gasteiger partial charge in [0.2, 0.25) is 0 Å². The Hall–Kier alpha value is -1.51. The molecule has 1 amide bonds. The standard InChI is InChI=1S/C9H9NO2/c1-10-9(11)7-12-8-5-3-2-4-6-8/h1-6H,7H2,(H,10,11). The van der Waals surface area contributed by atoms with Crippen LogP contribution in [-0.2, 0) is 4.79 Å². The minimum absolute atomic E-state index is 0.0550. The fourth-order valence-electron chi connectivity index (χ4n) is 0.707. The van der Waals surface area contributed by atoms with Crippen molar-refractivity contribution in [1.82, 2.24) is 5.32 Å². The number of carbonyl (C=O) groups is 1. The molecule has 62 valence electrons. The Morgan fingerprint density at radius 1 is 1.42 bits per heavy atom. The number of amides is 1. The second-order valence-electron chi connectivity index (χ2n) is 2.17. The maximum Gasteiger partial charge on any atom is 0.258 e. The molecule has 0 unspecified atom stereocenters. The third-order valence-corrected chi connectivity index (χ3v) is 1.27. The van der Waals surface area contributed by atoms with Gasteiger partial charge in [0.05, 0.1) is 7.05 Å². The van der Waals surface area contributed by atoms with Gasteiger partial charge < -0.3 is 10.1 Å². The second kappa shape index (κ2) is 4.38. The number of hydrogen-bond donors (Lipinski definition) is 1. The summed E-state index contributed by atoms with van der Waals surface area (Å²) < 4.78 is 5.07. The normalized spacial score (nSPS) is 9.08. The molecule has 0 heterocycles. The van der Waals surface area contributed by atoms with Crippen LogP contribution in [0.25, 0.3) is 0 Å². The fraction of sp³-hybridized carbons (Fsp3) is 0.111. The third kappa shape index (κ3) is 2.62. The minimum atomic E-state index is -0.348. The summed E-state index contributed by atoms with van der Waals surface area (Å²) in [5.74, 6) is 0.306. The molecule has 1 aromatic rings. The average Bonchev–Trinajstić information content (AvgIpc) is 2.16. The van der Waals surface area contributed by atoms with Gasteiger partial charge in [-0.15, -0.1) is 0 Å². The van der Waals surface area contributed by atoms with Crippen LogP contribution in [0.1, 0.15) is 0 Å². The molecule has 3 nitrogen and oxygen atoms in total. The van der Waals surface area contributed by atoms with Gasteiger partial charge in [-0.1, -0.05) is 18.2 Å². The summed E-state index contributed by atoms with van der Waals surface area (Å²) in [5, 5.41) is 1.97. The van der Waals surface area contributed by atoms with Crippen molar-refractivity contribution in [3.8, 4) is 5.75 Å². The fourth-order valence-corrected chi connectivity index (χ4v) is 0.707. The molecular weight excluding hydrogens is 154 g/mol. The molecule has 0 aliphatic heterocycles. The molecule has 0 bridgehead atoms. The van der Waals surface area contributed by atoms with E-state index in [1.165, 1.54) is 0 Å². The lowest BCUT2D eigenvalue weighted by molar-refractivity contribution is -0.122. The summed E-state index contributed by atoms with van der Waals surface area (Å²) in [6.07, 6.45) is 0. The first-order valence-corrected chi connectivity index (χ1v) is 3.50. The van der Waals surface area contributed by atoms with Crippen molar-refractivity contribution in [2.75, 3.05) is 6.61 Å². The summed E-state index contributed by atoms with van der Waals surface area (Å²) in [5.41, 5.74) is 0. The zero-order valence-corrected chi connectivity index (χ0v) is 6.49. The number of ether oxygens (including phenoxy) is 1. The van der Waals surface area contributed by atoms with Crippen LogP contribution in [0.3, 0.4) is 0 Å². The summed E-state index contributed by atoms with van der Waals surface area (Å²) >= 11 is 0. The molecule has 3 heteroatoms. The quantitative estimate of drug-likeness (QED) is 0.671. The van der Waals surface area contributed by atoms with E-state index in [2.05, 4.69) is 0 Å². The first-order chi connectivity index (χ1) is 5.83. The number of nitrogens with one attached hydrogen (secondary N) is 1. The monoisotopic (exact) mass is 163 g/mol. The van der Waals surface area contributed by atoms with Gasteiger partial charge >= 0.3 is 0 Å². The molecule has 0 atom stereocenters. The molecule has 0 spiro atoms. The van der Waals surface area contributed by atoms with E-state index in [1.807, 2.05) is 23.5 Å². The Bertz CT molecular complexity index is 246. The zero-order valence-electron chi connectivity index (χ0n) is 6.49. The largest absolute Gasteiger partial charge is 0.484 e. The van der Waals surface area contributed by atoms with Crippen LogP contribution in [0.5, 0.6) is 5.75 Å². The van der Waals surface area contributed by atoms with Crippen LogP contribution in [0.15, 0.2) is 30.3 Å². The Kier molecular flexibility index (Phi) is 3.14. The van der Waals surface area contributed by atoms with E-state index in [0.29, 0.717) is 5.75 Å². The van der Waals surface area contributed by atoms with E-state index in [9.17, 15) is 4.79 Å². The molecule has 1 rings (SSSR count). The Balaban J connectivity index is 2.38. The van der Waals surface area contributed by atoms with E-state index in [-0.39, 0.29) is 12.5 Å². The van der Waals surface area contributed by atoms with Crippen molar-refractivity contribution in [2.45, 2.75) is 0 Å².